The Kier molecular flexibility index (Phi) is 3.90. The first-order chi connectivity index (χ1) is 9.08. The van der Waals surface area contributed by atoms with E-state index < -0.39 is 17.7 Å². The zero-order valence-corrected chi connectivity index (χ0v) is 10.4. The van der Waals surface area contributed by atoms with Crippen molar-refractivity contribution in [1.82, 2.24) is 5.32 Å². The Hall–Kier alpha value is -2.23. The van der Waals surface area contributed by atoms with Gasteiger partial charge in [-0.1, -0.05) is 24.3 Å². The highest BCUT2D eigenvalue weighted by atomic mass is 19.2. The highest BCUT2D eigenvalue weighted by molar-refractivity contribution is 5.94. The Bertz CT molecular complexity index is 584. The number of carbonyl (C=O) groups is 1. The maximum atomic E-state index is 13.1. The Morgan fingerprint density at radius 3 is 2.37 bits per heavy atom. The second-order valence-electron chi connectivity index (χ2n) is 4.23. The molecule has 0 saturated heterocycles. The average Bonchev–Trinajstić information content (AvgIpc) is 2.42. The Morgan fingerprint density at radius 1 is 1.05 bits per heavy atom. The number of hydrogen-bond acceptors (Lipinski definition) is 1. The van der Waals surface area contributed by atoms with Crippen LogP contribution in [0.15, 0.2) is 48.5 Å². The maximum absolute atomic E-state index is 13.1. The summed E-state index contributed by atoms with van der Waals surface area (Å²) in [5.74, 6) is -2.07. The molecule has 0 saturated carbocycles. The van der Waals surface area contributed by atoms with Crippen LogP contribution in [-0.2, 0) is 0 Å². The fraction of sp³-hybridized carbons (Fsp3) is 0.133. The lowest BCUT2D eigenvalue weighted by Crippen LogP contribution is -2.26. The zero-order chi connectivity index (χ0) is 13.8. The summed E-state index contributed by atoms with van der Waals surface area (Å²) in [6.07, 6.45) is 0. The smallest absolute Gasteiger partial charge is 0.251 e. The molecule has 0 bridgehead atoms. The van der Waals surface area contributed by atoms with Crippen LogP contribution >= 0.6 is 0 Å². The first kappa shape index (κ1) is 13.2. The summed E-state index contributed by atoms with van der Waals surface area (Å²) < 4.78 is 25.9. The van der Waals surface area contributed by atoms with Gasteiger partial charge in [0.25, 0.3) is 5.91 Å². The van der Waals surface area contributed by atoms with Crippen molar-refractivity contribution in [3.05, 3.63) is 71.3 Å². The van der Waals surface area contributed by atoms with Crippen molar-refractivity contribution >= 4 is 5.91 Å². The van der Waals surface area contributed by atoms with E-state index in [1.165, 1.54) is 6.07 Å². The minimum atomic E-state index is -0.918. The molecule has 0 aliphatic rings. The molecule has 1 atom stereocenters. The maximum Gasteiger partial charge on any atom is 0.251 e. The van der Waals surface area contributed by atoms with Gasteiger partial charge < -0.3 is 5.32 Å². The zero-order valence-electron chi connectivity index (χ0n) is 10.4. The van der Waals surface area contributed by atoms with Crippen molar-refractivity contribution in [2.75, 3.05) is 0 Å². The summed E-state index contributed by atoms with van der Waals surface area (Å²) in [6.45, 7) is 1.72. The normalized spacial score (nSPS) is 11.9. The summed E-state index contributed by atoms with van der Waals surface area (Å²) >= 11 is 0. The van der Waals surface area contributed by atoms with Crippen molar-refractivity contribution in [3.8, 4) is 0 Å². The van der Waals surface area contributed by atoms with Crippen LogP contribution in [0.25, 0.3) is 0 Å². The van der Waals surface area contributed by atoms with Gasteiger partial charge >= 0.3 is 0 Å². The van der Waals surface area contributed by atoms with Gasteiger partial charge in [0.15, 0.2) is 11.6 Å². The van der Waals surface area contributed by atoms with Crippen molar-refractivity contribution < 1.29 is 13.6 Å². The van der Waals surface area contributed by atoms with E-state index in [2.05, 4.69) is 5.32 Å². The van der Waals surface area contributed by atoms with E-state index >= 15 is 0 Å². The van der Waals surface area contributed by atoms with E-state index in [1.54, 1.807) is 31.2 Å². The lowest BCUT2D eigenvalue weighted by atomic mass is 10.1. The third-order valence-electron chi connectivity index (χ3n) is 2.83. The van der Waals surface area contributed by atoms with Gasteiger partial charge in [-0.15, -0.1) is 0 Å². The number of hydrogen-bond donors (Lipinski definition) is 1. The average molecular weight is 261 g/mol. The minimum Gasteiger partial charge on any atom is -0.346 e. The molecule has 4 heteroatoms. The second kappa shape index (κ2) is 5.61. The third kappa shape index (κ3) is 3.16. The van der Waals surface area contributed by atoms with Crippen LogP contribution < -0.4 is 5.32 Å². The largest absolute Gasteiger partial charge is 0.346 e. The van der Waals surface area contributed by atoms with Crippen LogP contribution in [0.3, 0.4) is 0 Å². The van der Waals surface area contributed by atoms with E-state index in [1.807, 2.05) is 6.07 Å². The molecular formula is C15H13F2NO. The molecule has 2 aromatic rings. The fourth-order valence-corrected chi connectivity index (χ4v) is 1.73. The number of carbonyl (C=O) groups excluding carboxylic acids is 1. The van der Waals surface area contributed by atoms with E-state index in [4.69, 9.17) is 0 Å². The molecule has 0 aromatic heterocycles. The summed E-state index contributed by atoms with van der Waals surface area (Å²) in [5, 5.41) is 2.73. The summed E-state index contributed by atoms with van der Waals surface area (Å²) in [6, 6.07) is 11.9. The molecule has 2 aromatic carbocycles. The van der Waals surface area contributed by atoms with Gasteiger partial charge in [-0.3, -0.25) is 4.79 Å². The Labute approximate surface area is 110 Å². The molecule has 0 aliphatic heterocycles. The molecule has 0 spiro atoms. The standard InChI is InChI=1S/C15H13F2NO/c1-10(12-7-8-13(16)14(17)9-12)18-15(19)11-5-3-2-4-6-11/h2-10H,1H3,(H,18,19)/t10-/m0/s1. The quantitative estimate of drug-likeness (QED) is 0.900. The van der Waals surface area contributed by atoms with Crippen LogP contribution in [0.1, 0.15) is 28.9 Å². The van der Waals surface area contributed by atoms with E-state index in [0.29, 0.717) is 11.1 Å². The molecule has 2 nitrogen and oxygen atoms in total. The molecule has 0 radical (unpaired) electrons. The first-order valence-corrected chi connectivity index (χ1v) is 5.89. The van der Waals surface area contributed by atoms with Gasteiger partial charge in [0.05, 0.1) is 6.04 Å². The Morgan fingerprint density at radius 2 is 1.74 bits per heavy atom. The fourth-order valence-electron chi connectivity index (χ4n) is 1.73. The molecule has 2 rings (SSSR count). The van der Waals surface area contributed by atoms with Gasteiger partial charge in [-0.2, -0.15) is 0 Å². The van der Waals surface area contributed by atoms with E-state index in [9.17, 15) is 13.6 Å². The van der Waals surface area contributed by atoms with Gasteiger partial charge in [0.1, 0.15) is 0 Å². The summed E-state index contributed by atoms with van der Waals surface area (Å²) in [5.41, 5.74) is 1.04. The molecule has 0 aliphatic carbocycles. The van der Waals surface area contributed by atoms with Crippen LogP contribution in [0.5, 0.6) is 0 Å². The number of benzene rings is 2. The molecule has 19 heavy (non-hydrogen) atoms. The molecule has 0 heterocycles. The monoisotopic (exact) mass is 261 g/mol. The van der Waals surface area contributed by atoms with Gasteiger partial charge in [0.2, 0.25) is 0 Å². The molecular weight excluding hydrogens is 248 g/mol. The first-order valence-electron chi connectivity index (χ1n) is 5.89. The lowest BCUT2D eigenvalue weighted by molar-refractivity contribution is 0.0940. The molecule has 1 N–H and O–H groups in total. The number of halogens is 2. The molecule has 0 fully saturated rings. The van der Waals surface area contributed by atoms with E-state index in [-0.39, 0.29) is 5.91 Å². The van der Waals surface area contributed by atoms with Gasteiger partial charge in [-0.05, 0) is 36.8 Å². The number of rotatable bonds is 3. The van der Waals surface area contributed by atoms with Crippen LogP contribution in [0.4, 0.5) is 8.78 Å². The van der Waals surface area contributed by atoms with Crippen molar-refractivity contribution in [2.24, 2.45) is 0 Å². The third-order valence-corrected chi connectivity index (χ3v) is 2.83. The Balaban J connectivity index is 2.10. The SMILES string of the molecule is C[C@H](NC(=O)c1ccccc1)c1ccc(F)c(F)c1. The predicted octanol–water partition coefficient (Wildman–Crippen LogP) is 3.46. The number of amides is 1. The van der Waals surface area contributed by atoms with Gasteiger partial charge in [0, 0.05) is 5.56 Å². The van der Waals surface area contributed by atoms with Crippen molar-refractivity contribution in [3.63, 3.8) is 0 Å². The van der Waals surface area contributed by atoms with Crippen molar-refractivity contribution in [2.45, 2.75) is 13.0 Å². The lowest BCUT2D eigenvalue weighted by Gasteiger charge is -2.14. The highest BCUT2D eigenvalue weighted by Gasteiger charge is 2.12. The van der Waals surface area contributed by atoms with Crippen LogP contribution in [-0.4, -0.2) is 5.91 Å². The van der Waals surface area contributed by atoms with Gasteiger partial charge in [-0.25, -0.2) is 8.78 Å². The van der Waals surface area contributed by atoms with E-state index in [0.717, 1.165) is 12.1 Å². The molecule has 0 unspecified atom stereocenters. The highest BCUT2D eigenvalue weighted by Crippen LogP contribution is 2.16. The minimum absolute atomic E-state index is 0.252. The van der Waals surface area contributed by atoms with Crippen molar-refractivity contribution in [1.29, 1.82) is 0 Å². The predicted molar refractivity (Wildman–Crippen MR) is 68.7 cm³/mol. The molecule has 98 valence electrons. The molecule has 1 amide bonds. The van der Waals surface area contributed by atoms with Crippen LogP contribution in [0, 0.1) is 11.6 Å². The van der Waals surface area contributed by atoms with Crippen LogP contribution in [0.2, 0.25) is 0 Å². The topological polar surface area (TPSA) is 29.1 Å². The number of nitrogens with one attached hydrogen (secondary N) is 1. The second-order valence-corrected chi connectivity index (χ2v) is 4.23. The summed E-state index contributed by atoms with van der Waals surface area (Å²) in [4.78, 5) is 11.9. The summed E-state index contributed by atoms with van der Waals surface area (Å²) in [7, 11) is 0.